The number of nitrogens with one attached hydrogen (secondary N) is 2. The molecule has 1 aliphatic heterocycles. The third-order valence-corrected chi connectivity index (χ3v) is 6.93. The van der Waals surface area contributed by atoms with E-state index in [1.807, 2.05) is 13.8 Å². The molecule has 1 aromatic carbocycles. The summed E-state index contributed by atoms with van der Waals surface area (Å²) >= 11 is 0. The molecule has 2 N–H and O–H groups in total. The summed E-state index contributed by atoms with van der Waals surface area (Å²) in [6.07, 6.45) is 1.02. The zero-order valence-electron chi connectivity index (χ0n) is 17.3. The maximum absolute atomic E-state index is 12.2. The highest BCUT2D eigenvalue weighted by atomic mass is 127. The molecule has 28 heavy (non-hydrogen) atoms. The highest BCUT2D eigenvalue weighted by Crippen LogP contribution is 2.20. The Bertz CT molecular complexity index is 720. The van der Waals surface area contributed by atoms with Crippen molar-refractivity contribution >= 4 is 45.6 Å². The summed E-state index contributed by atoms with van der Waals surface area (Å²) in [6.45, 7) is 9.05. The van der Waals surface area contributed by atoms with Crippen molar-refractivity contribution in [1.82, 2.24) is 14.9 Å². The highest BCUT2D eigenvalue weighted by molar-refractivity contribution is 14.0. The van der Waals surface area contributed by atoms with Gasteiger partial charge in [-0.15, -0.1) is 24.0 Å². The van der Waals surface area contributed by atoms with Crippen molar-refractivity contribution in [3.8, 4) is 0 Å². The average Bonchev–Trinajstić information content (AvgIpc) is 3.10. The topological polar surface area (TPSA) is 77.0 Å². The molecule has 0 spiro atoms. The smallest absolute Gasteiger partial charge is 0.215 e. The van der Waals surface area contributed by atoms with Gasteiger partial charge in [-0.1, -0.05) is 31.5 Å². The van der Waals surface area contributed by atoms with Gasteiger partial charge in [0.15, 0.2) is 5.96 Å². The quantitative estimate of drug-likeness (QED) is 0.310. The Labute approximate surface area is 187 Å². The largest absolute Gasteiger partial charge is 0.369 e. The van der Waals surface area contributed by atoms with Crippen molar-refractivity contribution in [2.75, 3.05) is 50.4 Å². The zero-order valence-corrected chi connectivity index (χ0v) is 20.5. The van der Waals surface area contributed by atoms with Crippen LogP contribution in [-0.2, 0) is 10.0 Å². The Morgan fingerprint density at radius 3 is 2.46 bits per heavy atom. The van der Waals surface area contributed by atoms with Crippen LogP contribution in [0.3, 0.4) is 0 Å². The minimum atomic E-state index is -3.22. The number of hydrogen-bond donors (Lipinski definition) is 2. The Morgan fingerprint density at radius 1 is 1.25 bits per heavy atom. The molecule has 2 rings (SSSR count). The number of sulfonamides is 1. The number of halogens is 1. The van der Waals surface area contributed by atoms with Crippen LogP contribution >= 0.6 is 24.0 Å². The van der Waals surface area contributed by atoms with Crippen molar-refractivity contribution in [3.63, 3.8) is 0 Å². The van der Waals surface area contributed by atoms with Crippen molar-refractivity contribution in [1.29, 1.82) is 0 Å². The van der Waals surface area contributed by atoms with Gasteiger partial charge in [-0.2, -0.15) is 0 Å². The van der Waals surface area contributed by atoms with Crippen LogP contribution in [0.2, 0.25) is 0 Å². The Morgan fingerprint density at radius 2 is 1.89 bits per heavy atom. The molecule has 1 heterocycles. The van der Waals surface area contributed by atoms with Crippen molar-refractivity contribution < 1.29 is 8.42 Å². The Kier molecular flexibility index (Phi) is 10.5. The summed E-state index contributed by atoms with van der Waals surface area (Å²) in [5, 5.41) is 6.54. The molecule has 1 atom stereocenters. The lowest BCUT2D eigenvalue weighted by molar-refractivity contribution is 0.445. The van der Waals surface area contributed by atoms with E-state index >= 15 is 0 Å². The lowest BCUT2D eigenvalue weighted by Gasteiger charge is -2.21. The average molecular weight is 523 g/mol. The minimum absolute atomic E-state index is 0. The number of anilines is 1. The second-order valence-electron chi connectivity index (χ2n) is 6.81. The molecule has 1 aromatic rings. The molecular formula is C19H34IN5O2S. The van der Waals surface area contributed by atoms with Crippen LogP contribution in [0.15, 0.2) is 29.3 Å². The summed E-state index contributed by atoms with van der Waals surface area (Å²) in [5.41, 5.74) is 2.50. The van der Waals surface area contributed by atoms with E-state index in [1.54, 1.807) is 7.05 Å². The van der Waals surface area contributed by atoms with E-state index in [9.17, 15) is 8.42 Å². The summed E-state index contributed by atoms with van der Waals surface area (Å²) < 4.78 is 26.0. The summed E-state index contributed by atoms with van der Waals surface area (Å²) in [7, 11) is -1.51. The molecule has 0 aliphatic carbocycles. The van der Waals surface area contributed by atoms with Crippen LogP contribution in [0.1, 0.15) is 25.8 Å². The highest BCUT2D eigenvalue weighted by Gasteiger charge is 2.24. The predicted molar refractivity (Wildman–Crippen MR) is 128 cm³/mol. The number of nitrogens with zero attached hydrogens (tertiary/aromatic N) is 3. The first-order valence-electron chi connectivity index (χ1n) is 9.66. The van der Waals surface area contributed by atoms with Crippen molar-refractivity contribution in [3.05, 3.63) is 29.8 Å². The number of rotatable bonds is 8. The van der Waals surface area contributed by atoms with Crippen LogP contribution in [0, 0.1) is 6.92 Å². The molecule has 1 saturated heterocycles. The standard InChI is InChI=1S/C19H33N5O2S.HI/c1-5-24(6-2)27(25,26)14-12-21-19(20-4)22-17-11-13-23(15-17)18-9-7-16(3)8-10-18;/h7-10,17H,5-6,11-15H2,1-4H3,(H2,20,21,22);1H. The van der Waals surface area contributed by atoms with E-state index < -0.39 is 10.0 Å². The maximum atomic E-state index is 12.2. The van der Waals surface area contributed by atoms with E-state index in [0.29, 0.717) is 25.6 Å². The Balaban J connectivity index is 0.00000392. The van der Waals surface area contributed by atoms with Gasteiger partial charge in [-0.3, -0.25) is 4.99 Å². The fourth-order valence-electron chi connectivity index (χ4n) is 3.30. The first-order chi connectivity index (χ1) is 12.9. The minimum Gasteiger partial charge on any atom is -0.369 e. The third kappa shape index (κ3) is 7.07. The number of benzene rings is 1. The molecule has 160 valence electrons. The fourth-order valence-corrected chi connectivity index (χ4v) is 4.71. The molecule has 0 aromatic heterocycles. The lowest BCUT2D eigenvalue weighted by Crippen LogP contribution is -2.46. The molecular weight excluding hydrogens is 489 g/mol. The van der Waals surface area contributed by atoms with E-state index in [2.05, 4.69) is 51.7 Å². The fraction of sp³-hybridized carbons (Fsp3) is 0.632. The van der Waals surface area contributed by atoms with Gasteiger partial charge >= 0.3 is 0 Å². The summed E-state index contributed by atoms with van der Waals surface area (Å²) in [6, 6.07) is 8.86. The molecule has 0 radical (unpaired) electrons. The van der Waals surface area contributed by atoms with Crippen LogP contribution in [0.4, 0.5) is 5.69 Å². The zero-order chi connectivity index (χ0) is 19.9. The van der Waals surface area contributed by atoms with Crippen LogP contribution in [-0.4, -0.2) is 70.2 Å². The molecule has 1 unspecified atom stereocenters. The second-order valence-corrected chi connectivity index (χ2v) is 8.90. The van der Waals surface area contributed by atoms with Gasteiger partial charge in [-0.25, -0.2) is 12.7 Å². The Hall–Kier alpha value is -1.07. The van der Waals surface area contributed by atoms with Crippen LogP contribution in [0.5, 0.6) is 0 Å². The molecule has 1 aliphatic rings. The van der Waals surface area contributed by atoms with Gasteiger partial charge < -0.3 is 15.5 Å². The number of hydrogen-bond acceptors (Lipinski definition) is 4. The monoisotopic (exact) mass is 523 g/mol. The van der Waals surface area contributed by atoms with Crippen LogP contribution < -0.4 is 15.5 Å². The van der Waals surface area contributed by atoms with E-state index in [4.69, 9.17) is 0 Å². The predicted octanol–water partition coefficient (Wildman–Crippen LogP) is 2.03. The van der Waals surface area contributed by atoms with Gasteiger partial charge in [0.25, 0.3) is 0 Å². The van der Waals surface area contributed by atoms with Gasteiger partial charge in [0.05, 0.1) is 5.75 Å². The van der Waals surface area contributed by atoms with Gasteiger partial charge in [0.2, 0.25) is 10.0 Å². The van der Waals surface area contributed by atoms with Crippen LogP contribution in [0.25, 0.3) is 0 Å². The first kappa shape index (κ1) is 25.0. The molecule has 0 bridgehead atoms. The van der Waals surface area contributed by atoms with E-state index in [0.717, 1.165) is 19.5 Å². The van der Waals surface area contributed by atoms with Crippen molar-refractivity contribution in [2.24, 2.45) is 4.99 Å². The lowest BCUT2D eigenvalue weighted by atomic mass is 10.2. The van der Waals surface area contributed by atoms with E-state index in [-0.39, 0.29) is 35.8 Å². The number of aryl methyl sites for hydroxylation is 1. The molecule has 9 heteroatoms. The molecule has 1 fully saturated rings. The van der Waals surface area contributed by atoms with Gasteiger partial charge in [0.1, 0.15) is 0 Å². The molecule has 0 saturated carbocycles. The van der Waals surface area contributed by atoms with Gasteiger partial charge in [0, 0.05) is 51.5 Å². The second kappa shape index (κ2) is 11.8. The first-order valence-corrected chi connectivity index (χ1v) is 11.3. The normalized spacial score (nSPS) is 17.5. The number of guanidine groups is 1. The van der Waals surface area contributed by atoms with Crippen molar-refractivity contribution in [2.45, 2.75) is 33.2 Å². The molecule has 7 nitrogen and oxygen atoms in total. The SMILES string of the molecule is CCN(CC)S(=O)(=O)CCNC(=NC)NC1CCN(c2ccc(C)cc2)C1.I. The summed E-state index contributed by atoms with van der Waals surface area (Å²) in [4.78, 5) is 6.59. The molecule has 0 amide bonds. The number of aliphatic imine (C=N–C) groups is 1. The maximum Gasteiger partial charge on any atom is 0.215 e. The summed E-state index contributed by atoms with van der Waals surface area (Å²) in [5.74, 6) is 0.718. The van der Waals surface area contributed by atoms with E-state index in [1.165, 1.54) is 15.6 Å². The van der Waals surface area contributed by atoms with Gasteiger partial charge in [-0.05, 0) is 25.5 Å². The third-order valence-electron chi connectivity index (χ3n) is 4.90.